The van der Waals surface area contributed by atoms with Gasteiger partial charge in [-0.25, -0.2) is 4.39 Å². The number of hydrogen-bond acceptors (Lipinski definition) is 4. The number of nitrogens with zero attached hydrogens (tertiary/aromatic N) is 1. The van der Waals surface area contributed by atoms with Crippen LogP contribution in [0.5, 0.6) is 0 Å². The van der Waals surface area contributed by atoms with E-state index >= 15 is 0 Å². The molecule has 3 rings (SSSR count). The molecule has 0 spiro atoms. The lowest BCUT2D eigenvalue weighted by atomic mass is 10.1. The maximum atomic E-state index is 13.5. The Morgan fingerprint density at radius 2 is 2.03 bits per heavy atom. The monoisotopic (exact) mass is 444 g/mol. The molecule has 1 saturated heterocycles. The van der Waals surface area contributed by atoms with E-state index in [0.29, 0.717) is 25.7 Å². The maximum Gasteiger partial charge on any atom is 0.253 e. The van der Waals surface area contributed by atoms with Gasteiger partial charge in [0, 0.05) is 38.2 Å². The van der Waals surface area contributed by atoms with Crippen LogP contribution in [0.4, 0.5) is 10.1 Å². The van der Waals surface area contributed by atoms with Gasteiger partial charge in [0.15, 0.2) is 5.96 Å². The number of halogens is 1. The van der Waals surface area contributed by atoms with E-state index < -0.39 is 0 Å². The van der Waals surface area contributed by atoms with E-state index in [4.69, 9.17) is 4.74 Å². The Balaban J connectivity index is 1.53. The number of thioether (sulfide) groups is 1. The minimum absolute atomic E-state index is 0.0968. The number of amides is 1. The van der Waals surface area contributed by atoms with E-state index in [1.54, 1.807) is 30.9 Å². The molecule has 3 N–H and O–H groups in total. The first kappa shape index (κ1) is 23.1. The lowest BCUT2D eigenvalue weighted by molar-refractivity contribution is -0.124. The van der Waals surface area contributed by atoms with Gasteiger partial charge in [-0.05, 0) is 60.1 Å². The third kappa shape index (κ3) is 6.97. The SMILES string of the molecule is CN=C(NCc1cccc(NC(=O)C2CCCO2)c1)NCc1ccc(F)cc1CSC. The van der Waals surface area contributed by atoms with Crippen LogP contribution in [0.1, 0.15) is 29.5 Å². The highest BCUT2D eigenvalue weighted by molar-refractivity contribution is 7.97. The van der Waals surface area contributed by atoms with Crippen molar-refractivity contribution >= 4 is 29.3 Å². The number of aliphatic imine (C=N–C) groups is 1. The summed E-state index contributed by atoms with van der Waals surface area (Å²) in [5.74, 6) is 1.08. The molecule has 2 aromatic rings. The van der Waals surface area contributed by atoms with Gasteiger partial charge in [0.05, 0.1) is 0 Å². The molecular formula is C23H29FN4O2S. The lowest BCUT2D eigenvalue weighted by Gasteiger charge is -2.15. The Morgan fingerprint density at radius 1 is 1.19 bits per heavy atom. The average Bonchev–Trinajstić information content (AvgIpc) is 3.31. The summed E-state index contributed by atoms with van der Waals surface area (Å²) in [6.45, 7) is 1.74. The zero-order valence-corrected chi connectivity index (χ0v) is 18.7. The summed E-state index contributed by atoms with van der Waals surface area (Å²) in [5, 5.41) is 9.48. The van der Waals surface area contributed by atoms with E-state index in [0.717, 1.165) is 41.0 Å². The highest BCUT2D eigenvalue weighted by Crippen LogP contribution is 2.17. The molecule has 1 aliphatic rings. The molecule has 1 fully saturated rings. The van der Waals surface area contributed by atoms with E-state index in [-0.39, 0.29) is 17.8 Å². The first-order chi connectivity index (χ1) is 15.1. The van der Waals surface area contributed by atoms with Gasteiger partial charge in [-0.15, -0.1) is 0 Å². The molecule has 166 valence electrons. The van der Waals surface area contributed by atoms with Crippen molar-refractivity contribution in [1.29, 1.82) is 0 Å². The Kier molecular flexibility index (Phi) is 8.73. The van der Waals surface area contributed by atoms with Crippen molar-refractivity contribution in [3.05, 3.63) is 65.0 Å². The number of carbonyl (C=O) groups excluding carboxylic acids is 1. The normalized spacial score (nSPS) is 16.2. The molecule has 1 heterocycles. The smallest absolute Gasteiger partial charge is 0.253 e. The highest BCUT2D eigenvalue weighted by Gasteiger charge is 2.23. The Bertz CT molecular complexity index is 916. The van der Waals surface area contributed by atoms with Crippen molar-refractivity contribution < 1.29 is 13.9 Å². The second-order valence-electron chi connectivity index (χ2n) is 7.32. The standard InChI is InChI=1S/C23H29FN4O2S/c1-25-23(27-14-17-8-9-19(24)12-18(17)15-31-2)26-13-16-5-3-6-20(11-16)28-22(29)21-7-4-10-30-21/h3,5-6,8-9,11-12,21H,4,7,10,13-15H2,1-2H3,(H,28,29)(H2,25,26,27). The minimum Gasteiger partial charge on any atom is -0.368 e. The molecule has 0 bridgehead atoms. The zero-order valence-electron chi connectivity index (χ0n) is 17.9. The van der Waals surface area contributed by atoms with Crippen molar-refractivity contribution in [3.63, 3.8) is 0 Å². The Labute approximate surface area is 187 Å². The summed E-state index contributed by atoms with van der Waals surface area (Å²) in [6, 6.07) is 12.6. The van der Waals surface area contributed by atoms with Crippen molar-refractivity contribution in [3.8, 4) is 0 Å². The minimum atomic E-state index is -0.354. The highest BCUT2D eigenvalue weighted by atomic mass is 32.2. The largest absolute Gasteiger partial charge is 0.368 e. The predicted molar refractivity (Wildman–Crippen MR) is 125 cm³/mol. The summed E-state index contributed by atoms with van der Waals surface area (Å²) in [5.41, 5.74) is 3.77. The number of rotatable bonds is 8. The van der Waals surface area contributed by atoms with Gasteiger partial charge in [0.1, 0.15) is 11.9 Å². The molecule has 1 atom stereocenters. The second kappa shape index (κ2) is 11.7. The third-order valence-corrected chi connectivity index (χ3v) is 5.61. The van der Waals surface area contributed by atoms with Crippen LogP contribution >= 0.6 is 11.8 Å². The van der Waals surface area contributed by atoms with Crippen LogP contribution in [0.15, 0.2) is 47.5 Å². The van der Waals surface area contributed by atoms with Crippen molar-refractivity contribution in [1.82, 2.24) is 10.6 Å². The third-order valence-electron chi connectivity index (χ3n) is 5.01. The van der Waals surface area contributed by atoms with Crippen molar-refractivity contribution in [2.24, 2.45) is 4.99 Å². The van der Waals surface area contributed by atoms with Crippen LogP contribution in [0.3, 0.4) is 0 Å². The number of nitrogens with one attached hydrogen (secondary N) is 3. The van der Waals surface area contributed by atoms with Gasteiger partial charge in [-0.1, -0.05) is 18.2 Å². The Morgan fingerprint density at radius 3 is 2.77 bits per heavy atom. The molecule has 31 heavy (non-hydrogen) atoms. The van der Waals surface area contributed by atoms with Gasteiger partial charge in [-0.2, -0.15) is 11.8 Å². The van der Waals surface area contributed by atoms with Crippen molar-refractivity contribution in [2.75, 3.05) is 25.2 Å². The van der Waals surface area contributed by atoms with Crippen molar-refractivity contribution in [2.45, 2.75) is 37.8 Å². The molecular weight excluding hydrogens is 415 g/mol. The van der Waals surface area contributed by atoms with E-state index in [1.165, 1.54) is 6.07 Å². The number of ether oxygens (including phenoxy) is 1. The number of anilines is 1. The molecule has 6 nitrogen and oxygen atoms in total. The molecule has 1 unspecified atom stereocenters. The van der Waals surface area contributed by atoms with Gasteiger partial charge >= 0.3 is 0 Å². The van der Waals surface area contributed by atoms with Gasteiger partial charge in [0.2, 0.25) is 0 Å². The quantitative estimate of drug-likeness (QED) is 0.428. The van der Waals surface area contributed by atoms with Gasteiger partial charge in [-0.3, -0.25) is 9.79 Å². The summed E-state index contributed by atoms with van der Waals surface area (Å²) in [4.78, 5) is 16.5. The lowest BCUT2D eigenvalue weighted by Crippen LogP contribution is -2.36. The van der Waals surface area contributed by atoms with Crippen LogP contribution in [0.25, 0.3) is 0 Å². The fraction of sp³-hybridized carbons (Fsp3) is 0.391. The van der Waals surface area contributed by atoms with Crippen LogP contribution < -0.4 is 16.0 Å². The molecule has 0 radical (unpaired) electrons. The average molecular weight is 445 g/mol. The number of guanidine groups is 1. The molecule has 2 aromatic carbocycles. The van der Waals surface area contributed by atoms with E-state index in [9.17, 15) is 9.18 Å². The Hall–Kier alpha value is -2.58. The first-order valence-electron chi connectivity index (χ1n) is 10.3. The molecule has 0 aliphatic carbocycles. The number of hydrogen-bond donors (Lipinski definition) is 3. The zero-order chi connectivity index (χ0) is 22.1. The molecule has 1 aliphatic heterocycles. The van der Waals surface area contributed by atoms with Crippen LogP contribution in [-0.2, 0) is 28.4 Å². The summed E-state index contributed by atoms with van der Waals surface area (Å²) >= 11 is 1.66. The second-order valence-corrected chi connectivity index (χ2v) is 8.18. The summed E-state index contributed by atoms with van der Waals surface area (Å²) in [7, 11) is 1.71. The van der Waals surface area contributed by atoms with Crippen LogP contribution in [0, 0.1) is 5.82 Å². The molecule has 8 heteroatoms. The summed E-state index contributed by atoms with van der Waals surface area (Å²) in [6.07, 6.45) is 3.33. The van der Waals surface area contributed by atoms with E-state index in [2.05, 4.69) is 20.9 Å². The van der Waals surface area contributed by atoms with E-state index in [1.807, 2.05) is 30.5 Å². The predicted octanol–water partition coefficient (Wildman–Crippen LogP) is 3.67. The van der Waals surface area contributed by atoms with Gasteiger partial charge < -0.3 is 20.7 Å². The van der Waals surface area contributed by atoms with Gasteiger partial charge in [0.25, 0.3) is 5.91 Å². The fourth-order valence-corrected chi connectivity index (χ4v) is 3.99. The summed E-state index contributed by atoms with van der Waals surface area (Å²) < 4.78 is 19.0. The topological polar surface area (TPSA) is 74.8 Å². The fourth-order valence-electron chi connectivity index (χ4n) is 3.41. The maximum absolute atomic E-state index is 13.5. The number of benzene rings is 2. The number of carbonyl (C=O) groups is 1. The molecule has 0 saturated carbocycles. The molecule has 1 amide bonds. The molecule has 0 aromatic heterocycles. The van der Waals surface area contributed by atoms with Crippen LogP contribution in [-0.4, -0.2) is 37.9 Å². The first-order valence-corrected chi connectivity index (χ1v) is 11.7. The van der Waals surface area contributed by atoms with Crippen LogP contribution in [0.2, 0.25) is 0 Å².